The molecular weight excluding hydrogens is 460 g/mol. The van der Waals surface area contributed by atoms with Gasteiger partial charge in [-0.3, -0.25) is 19.2 Å². The van der Waals surface area contributed by atoms with Gasteiger partial charge in [-0.1, -0.05) is 44.2 Å². The Balaban J connectivity index is 2.97. The first-order chi connectivity index (χ1) is 16.3. The third-order valence-electron chi connectivity index (χ3n) is 5.03. The molecule has 1 aromatic carbocycles. The predicted molar refractivity (Wildman–Crippen MR) is 125 cm³/mol. The summed E-state index contributed by atoms with van der Waals surface area (Å²) < 4.78 is 0. The number of aliphatic hydroxyl groups is 1. The zero-order chi connectivity index (χ0) is 26.7. The number of carbonyl (C=O) groups excluding carboxylic acids is 3. The van der Waals surface area contributed by atoms with Crippen molar-refractivity contribution < 1.29 is 39.3 Å². The number of aliphatic hydroxyl groups excluding tert-OH is 1. The first-order valence-electron chi connectivity index (χ1n) is 11.1. The van der Waals surface area contributed by atoms with E-state index >= 15 is 0 Å². The Morgan fingerprint density at radius 2 is 1.40 bits per heavy atom. The number of nitrogens with one attached hydrogen (secondary N) is 3. The van der Waals surface area contributed by atoms with Crippen LogP contribution in [0.25, 0.3) is 0 Å². The Kier molecular flexibility index (Phi) is 11.8. The quantitative estimate of drug-likeness (QED) is 0.169. The van der Waals surface area contributed by atoms with E-state index in [9.17, 15) is 39.3 Å². The fraction of sp³-hybridized carbons (Fsp3) is 0.522. The van der Waals surface area contributed by atoms with Crippen molar-refractivity contribution in [2.75, 3.05) is 0 Å². The molecule has 0 saturated carbocycles. The summed E-state index contributed by atoms with van der Waals surface area (Å²) in [7, 11) is 0. The molecule has 1 aromatic rings. The van der Waals surface area contributed by atoms with Gasteiger partial charge in [-0.2, -0.15) is 0 Å². The monoisotopic (exact) mass is 494 g/mol. The summed E-state index contributed by atoms with van der Waals surface area (Å²) in [5, 5.41) is 34.9. The molecule has 3 amide bonds. The Morgan fingerprint density at radius 3 is 1.89 bits per heavy atom. The fourth-order valence-electron chi connectivity index (χ4n) is 3.24. The van der Waals surface area contributed by atoms with Gasteiger partial charge in [-0.25, -0.2) is 4.79 Å². The first-order valence-corrected chi connectivity index (χ1v) is 11.1. The highest BCUT2D eigenvalue weighted by Gasteiger charge is 2.33. The molecule has 0 radical (unpaired) electrons. The zero-order valence-electron chi connectivity index (χ0n) is 19.9. The summed E-state index contributed by atoms with van der Waals surface area (Å²) in [6, 6.07) is 3.43. The molecule has 8 N–H and O–H groups in total. The van der Waals surface area contributed by atoms with E-state index in [4.69, 9.17) is 5.73 Å². The van der Waals surface area contributed by atoms with Crippen LogP contribution in [0.4, 0.5) is 0 Å². The van der Waals surface area contributed by atoms with Crippen LogP contribution >= 0.6 is 0 Å². The van der Waals surface area contributed by atoms with Crippen molar-refractivity contribution in [3.8, 4) is 0 Å². The summed E-state index contributed by atoms with van der Waals surface area (Å²) >= 11 is 0. The van der Waals surface area contributed by atoms with Crippen molar-refractivity contribution in [1.29, 1.82) is 0 Å². The molecule has 0 bridgehead atoms. The highest BCUT2D eigenvalue weighted by atomic mass is 16.4. The van der Waals surface area contributed by atoms with Crippen LogP contribution in [0.15, 0.2) is 30.3 Å². The third-order valence-corrected chi connectivity index (χ3v) is 5.03. The van der Waals surface area contributed by atoms with E-state index in [0.717, 1.165) is 5.56 Å². The fourth-order valence-corrected chi connectivity index (χ4v) is 3.24. The molecule has 5 unspecified atom stereocenters. The highest BCUT2D eigenvalue weighted by molar-refractivity contribution is 5.95. The minimum absolute atomic E-state index is 0.0883. The number of nitrogens with two attached hydrogens (primary N) is 1. The van der Waals surface area contributed by atoms with Gasteiger partial charge in [0.1, 0.15) is 12.1 Å². The molecule has 0 aliphatic carbocycles. The van der Waals surface area contributed by atoms with Gasteiger partial charge < -0.3 is 37.0 Å². The van der Waals surface area contributed by atoms with Crippen molar-refractivity contribution in [3.05, 3.63) is 35.9 Å². The Morgan fingerprint density at radius 1 is 0.857 bits per heavy atom. The molecule has 194 valence electrons. The van der Waals surface area contributed by atoms with E-state index < -0.39 is 66.4 Å². The lowest BCUT2D eigenvalue weighted by atomic mass is 10.0. The SMILES string of the molecule is CC(C)CC(NC(=O)C(CC(=O)O)NC(=O)C(N)Cc1ccccc1)C(=O)NC(C(=O)O)C(C)O. The largest absolute Gasteiger partial charge is 0.481 e. The summed E-state index contributed by atoms with van der Waals surface area (Å²) in [6.07, 6.45) is -1.93. The van der Waals surface area contributed by atoms with Crippen LogP contribution in [0.2, 0.25) is 0 Å². The Labute approximate surface area is 203 Å². The van der Waals surface area contributed by atoms with Crippen molar-refractivity contribution >= 4 is 29.7 Å². The number of rotatable bonds is 14. The molecule has 0 aliphatic rings. The van der Waals surface area contributed by atoms with Crippen molar-refractivity contribution in [2.24, 2.45) is 11.7 Å². The third kappa shape index (κ3) is 10.5. The number of carboxylic acid groups (broad SMARTS) is 2. The smallest absolute Gasteiger partial charge is 0.328 e. The standard InChI is InChI=1S/C23H34N4O8/c1-12(2)9-16(22(33)27-19(13(3)28)23(34)35)26-21(32)17(11-18(29)30)25-20(31)15(24)10-14-7-5-4-6-8-14/h4-8,12-13,15-17,19,28H,9-11,24H2,1-3H3,(H,25,31)(H,26,32)(H,27,33)(H,29,30)(H,34,35). The maximum Gasteiger partial charge on any atom is 0.328 e. The minimum Gasteiger partial charge on any atom is -0.481 e. The number of aliphatic carboxylic acids is 2. The number of carboxylic acids is 2. The van der Waals surface area contributed by atoms with E-state index in [1.165, 1.54) is 6.92 Å². The zero-order valence-corrected chi connectivity index (χ0v) is 19.9. The van der Waals surface area contributed by atoms with Crippen LogP contribution in [0, 0.1) is 5.92 Å². The van der Waals surface area contributed by atoms with Gasteiger partial charge in [0.15, 0.2) is 6.04 Å². The second-order valence-corrected chi connectivity index (χ2v) is 8.71. The number of amides is 3. The molecule has 1 rings (SSSR count). The van der Waals surface area contributed by atoms with E-state index in [1.807, 2.05) is 0 Å². The van der Waals surface area contributed by atoms with Crippen LogP contribution in [-0.2, 0) is 30.4 Å². The summed E-state index contributed by atoms with van der Waals surface area (Å²) in [5.41, 5.74) is 6.69. The maximum absolute atomic E-state index is 12.9. The van der Waals surface area contributed by atoms with E-state index in [0.29, 0.717) is 0 Å². The minimum atomic E-state index is -1.61. The molecule has 0 aromatic heterocycles. The number of carbonyl (C=O) groups is 5. The molecule has 35 heavy (non-hydrogen) atoms. The molecule has 0 heterocycles. The lowest BCUT2D eigenvalue weighted by molar-refractivity contribution is -0.145. The van der Waals surface area contributed by atoms with E-state index in [2.05, 4.69) is 16.0 Å². The predicted octanol–water partition coefficient (Wildman–Crippen LogP) is -1.00. The summed E-state index contributed by atoms with van der Waals surface area (Å²) in [6.45, 7) is 4.70. The van der Waals surface area contributed by atoms with Crippen LogP contribution in [-0.4, -0.2) is 75.3 Å². The number of hydrogen-bond donors (Lipinski definition) is 7. The Bertz CT molecular complexity index is 891. The lowest BCUT2D eigenvalue weighted by Gasteiger charge is -2.26. The van der Waals surface area contributed by atoms with E-state index in [1.54, 1.807) is 44.2 Å². The lowest BCUT2D eigenvalue weighted by Crippen LogP contribution is -2.58. The normalized spacial score (nSPS) is 15.3. The summed E-state index contributed by atoms with van der Waals surface area (Å²) in [4.78, 5) is 60.7. The molecule has 0 fully saturated rings. The molecular formula is C23H34N4O8. The molecule has 12 heteroatoms. The molecule has 0 saturated heterocycles. The Hall–Kier alpha value is -3.51. The van der Waals surface area contributed by atoms with Crippen molar-refractivity contribution in [2.45, 2.75) is 70.3 Å². The van der Waals surface area contributed by atoms with Gasteiger partial charge in [0.25, 0.3) is 0 Å². The molecule has 5 atom stereocenters. The van der Waals surface area contributed by atoms with Gasteiger partial charge >= 0.3 is 11.9 Å². The highest BCUT2D eigenvalue weighted by Crippen LogP contribution is 2.08. The summed E-state index contributed by atoms with van der Waals surface area (Å²) in [5.74, 6) is -5.52. The van der Waals surface area contributed by atoms with Gasteiger partial charge in [0.2, 0.25) is 17.7 Å². The average molecular weight is 495 g/mol. The first kappa shape index (κ1) is 29.5. The van der Waals surface area contributed by atoms with Gasteiger partial charge in [0, 0.05) is 0 Å². The van der Waals surface area contributed by atoms with Crippen LogP contribution in [0.5, 0.6) is 0 Å². The second kappa shape index (κ2) is 14.0. The van der Waals surface area contributed by atoms with Gasteiger partial charge in [-0.05, 0) is 31.2 Å². The second-order valence-electron chi connectivity index (χ2n) is 8.71. The molecule has 0 aliphatic heterocycles. The van der Waals surface area contributed by atoms with E-state index in [-0.39, 0.29) is 18.8 Å². The van der Waals surface area contributed by atoms with Crippen molar-refractivity contribution in [1.82, 2.24) is 16.0 Å². The molecule has 0 spiro atoms. The van der Waals surface area contributed by atoms with Gasteiger partial charge in [-0.15, -0.1) is 0 Å². The van der Waals surface area contributed by atoms with Crippen LogP contribution < -0.4 is 21.7 Å². The molecule has 12 nitrogen and oxygen atoms in total. The maximum atomic E-state index is 12.9. The number of hydrogen-bond acceptors (Lipinski definition) is 7. The van der Waals surface area contributed by atoms with Crippen LogP contribution in [0.1, 0.15) is 39.2 Å². The number of benzene rings is 1. The van der Waals surface area contributed by atoms with Crippen LogP contribution in [0.3, 0.4) is 0 Å². The topological polar surface area (TPSA) is 208 Å². The average Bonchev–Trinajstić information content (AvgIpc) is 2.75. The van der Waals surface area contributed by atoms with Gasteiger partial charge in [0.05, 0.1) is 18.6 Å². The van der Waals surface area contributed by atoms with Crippen molar-refractivity contribution in [3.63, 3.8) is 0 Å².